The lowest BCUT2D eigenvalue weighted by atomic mass is 10.3. The van der Waals surface area contributed by atoms with Crippen LogP contribution in [0, 0.1) is 0 Å². The van der Waals surface area contributed by atoms with E-state index in [2.05, 4.69) is 35.9 Å². The summed E-state index contributed by atoms with van der Waals surface area (Å²) in [7, 11) is 0. The van der Waals surface area contributed by atoms with E-state index in [4.69, 9.17) is 0 Å². The van der Waals surface area contributed by atoms with Crippen LogP contribution in [0.4, 0.5) is 0 Å². The zero-order chi connectivity index (χ0) is 11.4. The lowest BCUT2D eigenvalue weighted by Crippen LogP contribution is -2.30. The van der Waals surface area contributed by atoms with Gasteiger partial charge in [0.15, 0.2) is 5.17 Å². The fourth-order valence-corrected chi connectivity index (χ4v) is 4.50. The number of nitrogens with zero attached hydrogens (tertiary/aromatic N) is 1. The van der Waals surface area contributed by atoms with E-state index in [9.17, 15) is 0 Å². The number of aliphatic imine (C=N–C) groups is 1. The van der Waals surface area contributed by atoms with Crippen LogP contribution in [0.3, 0.4) is 0 Å². The van der Waals surface area contributed by atoms with Crippen molar-refractivity contribution >= 4 is 28.7 Å². The first-order chi connectivity index (χ1) is 7.81. The Morgan fingerprint density at radius 3 is 3.00 bits per heavy atom. The average molecular weight is 258 g/mol. The molecule has 0 amide bonds. The summed E-state index contributed by atoms with van der Waals surface area (Å²) < 4.78 is 0. The van der Waals surface area contributed by atoms with Crippen molar-refractivity contribution in [2.24, 2.45) is 4.99 Å². The quantitative estimate of drug-likeness (QED) is 0.838. The molecule has 3 unspecified atom stereocenters. The molecule has 0 bridgehead atoms. The van der Waals surface area contributed by atoms with Crippen LogP contribution in [-0.4, -0.2) is 34.0 Å². The maximum Gasteiger partial charge on any atom is 0.157 e. The highest BCUT2D eigenvalue weighted by Crippen LogP contribution is 2.31. The van der Waals surface area contributed by atoms with E-state index in [-0.39, 0.29) is 0 Å². The molecule has 0 saturated heterocycles. The lowest BCUT2D eigenvalue weighted by Gasteiger charge is -2.14. The fraction of sp³-hybridized carbons (Fsp3) is 0.917. The molecule has 1 heterocycles. The Hall–Kier alpha value is 0.170. The summed E-state index contributed by atoms with van der Waals surface area (Å²) >= 11 is 4.06. The third-order valence-corrected chi connectivity index (χ3v) is 5.81. The van der Waals surface area contributed by atoms with E-state index in [0.29, 0.717) is 6.04 Å². The second-order valence-electron chi connectivity index (χ2n) is 4.53. The summed E-state index contributed by atoms with van der Waals surface area (Å²) in [6.45, 7) is 5.52. The standard InChI is InChI=1S/C12H22N2S2/c1-3-10-8-13-12(16-10)14-9-5-6-11(7-9)15-4-2/h9-11H,3-8H2,1-2H3,(H,13,14). The van der Waals surface area contributed by atoms with Crippen LogP contribution < -0.4 is 5.32 Å². The van der Waals surface area contributed by atoms with E-state index in [1.54, 1.807) is 0 Å². The van der Waals surface area contributed by atoms with Gasteiger partial charge in [0.2, 0.25) is 0 Å². The molecule has 1 fully saturated rings. The SMILES string of the molecule is CCSC1CCC(NC2=NCC(CC)S2)C1. The minimum atomic E-state index is 0.686. The number of rotatable bonds is 4. The van der Waals surface area contributed by atoms with E-state index in [1.807, 2.05) is 11.8 Å². The van der Waals surface area contributed by atoms with Crippen LogP contribution >= 0.6 is 23.5 Å². The zero-order valence-electron chi connectivity index (χ0n) is 10.2. The van der Waals surface area contributed by atoms with Gasteiger partial charge in [-0.25, -0.2) is 0 Å². The van der Waals surface area contributed by atoms with Gasteiger partial charge in [-0.2, -0.15) is 11.8 Å². The van der Waals surface area contributed by atoms with Crippen molar-refractivity contribution in [1.29, 1.82) is 0 Å². The summed E-state index contributed by atoms with van der Waals surface area (Å²) in [6.07, 6.45) is 5.27. The molecule has 16 heavy (non-hydrogen) atoms. The molecule has 1 aliphatic heterocycles. The largest absolute Gasteiger partial charge is 0.362 e. The summed E-state index contributed by atoms with van der Waals surface area (Å²) in [5.74, 6) is 1.25. The minimum absolute atomic E-state index is 0.686. The van der Waals surface area contributed by atoms with Crippen molar-refractivity contribution in [3.05, 3.63) is 0 Å². The molecule has 0 spiro atoms. The fourth-order valence-electron chi connectivity index (χ4n) is 2.34. The molecule has 92 valence electrons. The van der Waals surface area contributed by atoms with Crippen molar-refractivity contribution in [2.75, 3.05) is 12.3 Å². The number of hydrogen-bond donors (Lipinski definition) is 1. The normalized spacial score (nSPS) is 34.1. The van der Waals surface area contributed by atoms with Crippen LogP contribution in [-0.2, 0) is 0 Å². The highest BCUT2D eigenvalue weighted by Gasteiger charge is 2.27. The summed E-state index contributed by atoms with van der Waals surface area (Å²) in [5.41, 5.74) is 0. The maximum atomic E-state index is 4.58. The molecule has 1 saturated carbocycles. The number of amidine groups is 1. The molecule has 1 N–H and O–H groups in total. The van der Waals surface area contributed by atoms with Gasteiger partial charge in [0, 0.05) is 16.5 Å². The van der Waals surface area contributed by atoms with Gasteiger partial charge in [-0.15, -0.1) is 0 Å². The molecule has 2 rings (SSSR count). The second-order valence-corrected chi connectivity index (χ2v) is 7.39. The first-order valence-corrected chi connectivity index (χ1v) is 8.33. The van der Waals surface area contributed by atoms with Crippen molar-refractivity contribution in [1.82, 2.24) is 5.32 Å². The lowest BCUT2D eigenvalue weighted by molar-refractivity contribution is 0.636. The Kier molecular flexibility index (Phi) is 4.89. The molecular formula is C12H22N2S2. The van der Waals surface area contributed by atoms with Crippen molar-refractivity contribution in [2.45, 2.75) is 56.1 Å². The van der Waals surface area contributed by atoms with Gasteiger partial charge in [0.05, 0.1) is 6.54 Å². The number of nitrogens with one attached hydrogen (secondary N) is 1. The van der Waals surface area contributed by atoms with Gasteiger partial charge in [-0.05, 0) is 31.4 Å². The molecule has 0 aromatic heterocycles. The Bertz CT molecular complexity index is 255. The molecule has 0 aromatic rings. The molecular weight excluding hydrogens is 236 g/mol. The van der Waals surface area contributed by atoms with E-state index in [1.165, 1.54) is 36.6 Å². The monoisotopic (exact) mass is 258 g/mol. The highest BCUT2D eigenvalue weighted by molar-refractivity contribution is 8.14. The van der Waals surface area contributed by atoms with Crippen molar-refractivity contribution < 1.29 is 0 Å². The van der Waals surface area contributed by atoms with Gasteiger partial charge in [0.25, 0.3) is 0 Å². The van der Waals surface area contributed by atoms with Crippen LogP contribution in [0.1, 0.15) is 39.5 Å². The third-order valence-electron chi connectivity index (χ3n) is 3.29. The summed E-state index contributed by atoms with van der Waals surface area (Å²) in [5, 5.41) is 6.45. The molecule has 0 aromatic carbocycles. The van der Waals surface area contributed by atoms with Gasteiger partial charge in [-0.3, -0.25) is 4.99 Å². The average Bonchev–Trinajstić information content (AvgIpc) is 2.89. The molecule has 3 atom stereocenters. The predicted molar refractivity (Wildman–Crippen MR) is 76.7 cm³/mol. The Labute approximate surface area is 107 Å². The van der Waals surface area contributed by atoms with E-state index < -0.39 is 0 Å². The second kappa shape index (κ2) is 6.20. The third kappa shape index (κ3) is 3.33. The van der Waals surface area contributed by atoms with Gasteiger partial charge >= 0.3 is 0 Å². The summed E-state index contributed by atoms with van der Waals surface area (Å²) in [4.78, 5) is 4.58. The van der Waals surface area contributed by atoms with E-state index >= 15 is 0 Å². The molecule has 2 nitrogen and oxygen atoms in total. The Morgan fingerprint density at radius 2 is 2.31 bits per heavy atom. The molecule has 0 radical (unpaired) electrons. The minimum Gasteiger partial charge on any atom is -0.362 e. The van der Waals surface area contributed by atoms with Crippen LogP contribution in [0.5, 0.6) is 0 Å². The summed E-state index contributed by atoms with van der Waals surface area (Å²) in [6, 6.07) is 0.686. The number of thioether (sulfide) groups is 2. The van der Waals surface area contributed by atoms with Gasteiger partial charge in [0.1, 0.15) is 0 Å². The molecule has 1 aliphatic carbocycles. The first-order valence-electron chi connectivity index (χ1n) is 6.41. The van der Waals surface area contributed by atoms with Crippen LogP contribution in [0.2, 0.25) is 0 Å². The van der Waals surface area contributed by atoms with Gasteiger partial charge < -0.3 is 5.32 Å². The maximum absolute atomic E-state index is 4.58. The highest BCUT2D eigenvalue weighted by atomic mass is 32.2. The van der Waals surface area contributed by atoms with E-state index in [0.717, 1.165) is 17.0 Å². The van der Waals surface area contributed by atoms with Crippen LogP contribution in [0.25, 0.3) is 0 Å². The topological polar surface area (TPSA) is 24.4 Å². The van der Waals surface area contributed by atoms with Crippen LogP contribution in [0.15, 0.2) is 4.99 Å². The predicted octanol–water partition coefficient (Wildman–Crippen LogP) is 3.13. The smallest absolute Gasteiger partial charge is 0.157 e. The zero-order valence-corrected chi connectivity index (χ0v) is 11.9. The Morgan fingerprint density at radius 1 is 1.44 bits per heavy atom. The van der Waals surface area contributed by atoms with Crippen molar-refractivity contribution in [3.63, 3.8) is 0 Å². The Balaban J connectivity index is 1.71. The van der Waals surface area contributed by atoms with Crippen molar-refractivity contribution in [3.8, 4) is 0 Å². The number of hydrogen-bond acceptors (Lipinski definition) is 4. The molecule has 4 heteroatoms. The first kappa shape index (κ1) is 12.6. The molecule has 2 aliphatic rings. The van der Waals surface area contributed by atoms with Gasteiger partial charge in [-0.1, -0.05) is 25.6 Å².